The predicted octanol–water partition coefficient (Wildman–Crippen LogP) is 20.0. The average Bonchev–Trinajstić information content (AvgIpc) is 3.20. The molecule has 0 aromatic rings. The van der Waals surface area contributed by atoms with Crippen molar-refractivity contribution in [1.29, 1.82) is 0 Å². The van der Waals surface area contributed by atoms with Crippen molar-refractivity contribution >= 4 is 34.2 Å². The van der Waals surface area contributed by atoms with Gasteiger partial charge in [-0.1, -0.05) is 285 Å². The van der Waals surface area contributed by atoms with Crippen molar-refractivity contribution < 1.29 is 16.5 Å². The minimum Gasteiger partial charge on any atom is -0.416 e. The molecule has 1 aliphatic heterocycles. The third-order valence-corrected chi connectivity index (χ3v) is 32.5. The van der Waals surface area contributed by atoms with Crippen molar-refractivity contribution in [3.05, 3.63) is 0 Å². The molecule has 1 fully saturated rings. The Balaban J connectivity index is 3.01. The van der Waals surface area contributed by atoms with E-state index in [-0.39, 0.29) is 0 Å². The van der Waals surface area contributed by atoms with E-state index in [2.05, 4.69) is 53.9 Å². The molecule has 1 saturated heterocycles. The van der Waals surface area contributed by atoms with Crippen molar-refractivity contribution in [3.63, 3.8) is 0 Å². The van der Waals surface area contributed by atoms with E-state index < -0.39 is 34.2 Å². The molecule has 0 aromatic carbocycles. The van der Waals surface area contributed by atoms with E-state index in [1.807, 2.05) is 0 Å². The Kier molecular flexibility index (Phi) is 38.1. The SMILES string of the molecule is CCCCCCCCCCCC[Si]1(C)O[Si](C)(CCCCCCCCCCCC)O[Si](C)(CCCCCCCCCCCC)O[Si](C)(CCCCCCCCCCCC)O1. The van der Waals surface area contributed by atoms with Crippen LogP contribution in [0.15, 0.2) is 0 Å². The van der Waals surface area contributed by atoms with Crippen molar-refractivity contribution in [2.24, 2.45) is 0 Å². The van der Waals surface area contributed by atoms with Gasteiger partial charge < -0.3 is 16.5 Å². The zero-order valence-electron chi connectivity index (χ0n) is 42.7. The molecule has 0 aliphatic carbocycles. The van der Waals surface area contributed by atoms with Gasteiger partial charge in [-0.15, -0.1) is 0 Å². The van der Waals surface area contributed by atoms with E-state index in [0.29, 0.717) is 0 Å². The van der Waals surface area contributed by atoms with E-state index in [4.69, 9.17) is 16.5 Å². The average molecular weight is 914 g/mol. The molecule has 1 heterocycles. The highest BCUT2D eigenvalue weighted by molar-refractivity contribution is 6.93. The first-order valence-electron chi connectivity index (χ1n) is 27.9. The molecule has 8 heteroatoms. The second-order valence-corrected chi connectivity index (χ2v) is 35.0. The lowest BCUT2D eigenvalue weighted by Crippen LogP contribution is -2.67. The summed E-state index contributed by atoms with van der Waals surface area (Å²) in [6.07, 6.45) is 54.8. The molecule has 0 unspecified atom stereocenters. The van der Waals surface area contributed by atoms with Crippen molar-refractivity contribution in [2.45, 2.75) is 335 Å². The molecule has 4 nitrogen and oxygen atoms in total. The summed E-state index contributed by atoms with van der Waals surface area (Å²) in [5.74, 6) is 0. The summed E-state index contributed by atoms with van der Waals surface area (Å²) < 4.78 is 30.6. The van der Waals surface area contributed by atoms with Crippen LogP contribution in [-0.2, 0) is 16.5 Å². The summed E-state index contributed by atoms with van der Waals surface area (Å²) in [6, 6.07) is 4.42. The highest BCUT2D eigenvalue weighted by Crippen LogP contribution is 2.40. The fourth-order valence-corrected chi connectivity index (χ4v) is 33.7. The van der Waals surface area contributed by atoms with Crippen LogP contribution >= 0.6 is 0 Å². The summed E-state index contributed by atoms with van der Waals surface area (Å²) in [6.45, 7) is 19.0. The maximum atomic E-state index is 7.64. The minimum absolute atomic E-state index is 1.11. The van der Waals surface area contributed by atoms with Gasteiger partial charge in [0.15, 0.2) is 0 Å². The summed E-state index contributed by atoms with van der Waals surface area (Å²) in [4.78, 5) is 0. The highest BCUT2D eigenvalue weighted by atomic mass is 28.5. The molecule has 360 valence electrons. The number of hydrogen-bond donors (Lipinski definition) is 0. The van der Waals surface area contributed by atoms with Crippen LogP contribution < -0.4 is 0 Å². The van der Waals surface area contributed by atoms with Crippen LogP contribution in [0, 0.1) is 0 Å². The second-order valence-electron chi connectivity index (χ2n) is 20.7. The van der Waals surface area contributed by atoms with E-state index >= 15 is 0 Å². The smallest absolute Gasteiger partial charge is 0.317 e. The molecule has 0 spiro atoms. The van der Waals surface area contributed by atoms with Crippen LogP contribution in [0.4, 0.5) is 0 Å². The monoisotopic (exact) mass is 913 g/mol. The summed E-state index contributed by atoms with van der Waals surface area (Å²) in [5, 5.41) is 0. The van der Waals surface area contributed by atoms with Gasteiger partial charge in [0, 0.05) is 0 Å². The number of hydrogen-bond acceptors (Lipinski definition) is 4. The van der Waals surface area contributed by atoms with Crippen LogP contribution in [0.3, 0.4) is 0 Å². The van der Waals surface area contributed by atoms with Crippen molar-refractivity contribution in [3.8, 4) is 0 Å². The molecule has 0 N–H and O–H groups in total. The number of unbranched alkanes of at least 4 members (excludes halogenated alkanes) is 36. The lowest BCUT2D eigenvalue weighted by molar-refractivity contribution is 0.219. The van der Waals surface area contributed by atoms with Crippen LogP contribution in [0.5, 0.6) is 0 Å². The highest BCUT2D eigenvalue weighted by Gasteiger charge is 2.56. The van der Waals surface area contributed by atoms with Crippen LogP contribution in [-0.4, -0.2) is 34.2 Å². The Labute approximate surface area is 383 Å². The Morgan fingerprint density at radius 3 is 0.433 bits per heavy atom. The Morgan fingerprint density at radius 1 is 0.183 bits per heavy atom. The fraction of sp³-hybridized carbons (Fsp3) is 1.00. The topological polar surface area (TPSA) is 36.9 Å². The molecule has 1 aliphatic rings. The Hall–Kier alpha value is 0.708. The first-order chi connectivity index (χ1) is 29.1. The number of rotatable bonds is 44. The molecule has 0 atom stereocenters. The maximum absolute atomic E-state index is 7.64. The third kappa shape index (κ3) is 33.2. The van der Waals surface area contributed by atoms with E-state index in [9.17, 15) is 0 Å². The van der Waals surface area contributed by atoms with Crippen LogP contribution in [0.1, 0.15) is 285 Å². The standard InChI is InChI=1S/C52H112O4Si4/c1-9-13-17-21-25-29-33-37-41-45-49-57(5)53-58(6,50-46-42-38-34-30-26-22-18-14-10-2)55-60(8,52-48-44-40-36-32-28-24-20-16-12-4)56-59(7,54-57)51-47-43-39-35-31-27-23-19-15-11-3/h9-52H2,1-8H3. The fourth-order valence-electron chi connectivity index (χ4n) is 10.1. The van der Waals surface area contributed by atoms with Crippen molar-refractivity contribution in [1.82, 2.24) is 0 Å². The van der Waals surface area contributed by atoms with Gasteiger partial charge in [0.25, 0.3) is 0 Å². The maximum Gasteiger partial charge on any atom is 0.317 e. The molecule has 0 amide bonds. The zero-order valence-corrected chi connectivity index (χ0v) is 46.7. The van der Waals surface area contributed by atoms with Gasteiger partial charge in [-0.25, -0.2) is 0 Å². The van der Waals surface area contributed by atoms with E-state index in [0.717, 1.165) is 24.2 Å². The zero-order chi connectivity index (χ0) is 43.9. The van der Waals surface area contributed by atoms with Gasteiger partial charge in [-0.2, -0.15) is 0 Å². The molecular formula is C52H112O4Si4. The first-order valence-corrected chi connectivity index (χ1v) is 38.0. The lowest BCUT2D eigenvalue weighted by atomic mass is 10.1. The lowest BCUT2D eigenvalue weighted by Gasteiger charge is -2.50. The molecule has 0 aromatic heterocycles. The van der Waals surface area contributed by atoms with Crippen LogP contribution in [0.2, 0.25) is 50.4 Å². The molecule has 1 rings (SSSR count). The molecule has 0 bridgehead atoms. The van der Waals surface area contributed by atoms with Crippen molar-refractivity contribution in [2.75, 3.05) is 0 Å². The van der Waals surface area contributed by atoms with Gasteiger partial charge in [0.2, 0.25) is 0 Å². The normalized spacial score (nSPS) is 23.6. The third-order valence-electron chi connectivity index (χ3n) is 13.7. The van der Waals surface area contributed by atoms with Gasteiger partial charge >= 0.3 is 34.2 Å². The van der Waals surface area contributed by atoms with Gasteiger partial charge in [0.05, 0.1) is 0 Å². The van der Waals surface area contributed by atoms with Gasteiger partial charge in [-0.3, -0.25) is 0 Å². The molecule has 60 heavy (non-hydrogen) atoms. The van der Waals surface area contributed by atoms with Gasteiger partial charge in [-0.05, 0) is 50.4 Å². The largest absolute Gasteiger partial charge is 0.416 e. The summed E-state index contributed by atoms with van der Waals surface area (Å²) in [7, 11) is -10.0. The Morgan fingerprint density at radius 2 is 0.300 bits per heavy atom. The molecular weight excluding hydrogens is 801 g/mol. The molecule has 0 radical (unpaired) electrons. The van der Waals surface area contributed by atoms with E-state index in [1.165, 1.54) is 257 Å². The predicted molar refractivity (Wildman–Crippen MR) is 277 cm³/mol. The second kappa shape index (κ2) is 38.9. The molecule has 0 saturated carbocycles. The summed E-state index contributed by atoms with van der Waals surface area (Å²) in [5.41, 5.74) is 0. The Bertz CT molecular complexity index is 770. The first kappa shape index (κ1) is 58.7. The van der Waals surface area contributed by atoms with Crippen LogP contribution in [0.25, 0.3) is 0 Å². The van der Waals surface area contributed by atoms with Gasteiger partial charge in [0.1, 0.15) is 0 Å². The minimum atomic E-state index is -2.51. The summed E-state index contributed by atoms with van der Waals surface area (Å²) >= 11 is 0. The quantitative estimate of drug-likeness (QED) is 0.0451. The van der Waals surface area contributed by atoms with E-state index in [1.54, 1.807) is 0 Å².